The van der Waals surface area contributed by atoms with Crippen molar-refractivity contribution < 1.29 is 4.74 Å². The maximum absolute atomic E-state index is 8.76. The van der Waals surface area contributed by atoms with Crippen molar-refractivity contribution in [2.45, 2.75) is 23.9 Å². The van der Waals surface area contributed by atoms with Crippen LogP contribution in [0.3, 0.4) is 0 Å². The normalized spacial score (nSPS) is 21.5. The van der Waals surface area contributed by atoms with Crippen LogP contribution in [0, 0.1) is 11.3 Å². The molecule has 2 aromatic heterocycles. The molecule has 0 N–H and O–H groups in total. The average Bonchev–Trinajstić information content (AvgIpc) is 3.04. The van der Waals surface area contributed by atoms with Crippen molar-refractivity contribution in [1.82, 2.24) is 15.0 Å². The first-order chi connectivity index (χ1) is 11.8. The number of hydrogen-bond acceptors (Lipinski definition) is 7. The van der Waals surface area contributed by atoms with E-state index in [1.54, 1.807) is 18.6 Å². The van der Waals surface area contributed by atoms with Gasteiger partial charge >= 0.3 is 0 Å². The Labute approximate surface area is 144 Å². The lowest BCUT2D eigenvalue weighted by molar-refractivity contribution is 0.0459. The maximum Gasteiger partial charge on any atom is 0.232 e. The van der Waals surface area contributed by atoms with Gasteiger partial charge < -0.3 is 9.64 Å². The molecule has 0 saturated carbocycles. The quantitative estimate of drug-likeness (QED) is 0.843. The van der Waals surface area contributed by atoms with Crippen LogP contribution >= 0.6 is 11.8 Å². The van der Waals surface area contributed by atoms with Crippen LogP contribution in [0.15, 0.2) is 36.8 Å². The maximum atomic E-state index is 8.76. The molecule has 1 atom stereocenters. The van der Waals surface area contributed by atoms with E-state index in [1.807, 2.05) is 36.0 Å². The van der Waals surface area contributed by atoms with Crippen LogP contribution in [0.1, 0.15) is 17.9 Å². The molecular weight excluding hydrogens is 322 g/mol. The summed E-state index contributed by atoms with van der Waals surface area (Å²) in [5.74, 6) is 1.25. The van der Waals surface area contributed by atoms with E-state index in [0.29, 0.717) is 6.61 Å². The Kier molecular flexibility index (Phi) is 4.08. The number of ether oxygens (including phenoxy) is 1. The highest BCUT2D eigenvalue weighted by Crippen LogP contribution is 2.47. The lowest BCUT2D eigenvalue weighted by Crippen LogP contribution is -2.59. The highest BCUT2D eigenvalue weighted by molar-refractivity contribution is 8.01. The second-order valence-corrected chi connectivity index (χ2v) is 7.67. The molecular formula is C17H17N5OS. The van der Waals surface area contributed by atoms with Crippen LogP contribution in [0.4, 0.5) is 5.69 Å². The molecule has 0 aliphatic carbocycles. The van der Waals surface area contributed by atoms with Crippen LogP contribution in [0.25, 0.3) is 0 Å². The Bertz CT molecular complexity index is 740. The third kappa shape index (κ3) is 3.07. The summed E-state index contributed by atoms with van der Waals surface area (Å²) in [4.78, 5) is 14.6. The van der Waals surface area contributed by atoms with Crippen molar-refractivity contribution in [3.8, 4) is 6.07 Å². The zero-order chi connectivity index (χ0) is 16.4. The monoisotopic (exact) mass is 339 g/mol. The molecule has 122 valence electrons. The van der Waals surface area contributed by atoms with Gasteiger partial charge in [-0.1, -0.05) is 6.07 Å². The Balaban J connectivity index is 1.29. The number of pyridine rings is 1. The molecule has 0 bridgehead atoms. The molecule has 2 saturated heterocycles. The van der Waals surface area contributed by atoms with Gasteiger partial charge in [-0.3, -0.25) is 4.98 Å². The summed E-state index contributed by atoms with van der Waals surface area (Å²) in [6.45, 7) is 2.54. The molecule has 0 radical (unpaired) electrons. The molecule has 2 fully saturated rings. The van der Waals surface area contributed by atoms with Crippen molar-refractivity contribution in [2.24, 2.45) is 0 Å². The topological polar surface area (TPSA) is 74.9 Å². The zero-order valence-electron chi connectivity index (χ0n) is 13.1. The number of rotatable bonds is 4. The number of aromatic nitrogens is 3. The van der Waals surface area contributed by atoms with Gasteiger partial charge in [0.2, 0.25) is 5.82 Å². The standard InChI is InChI=1S/C17H17N5OS/c18-6-16-20-7-14(8-21-16)22-11-17(12-22)5-15(10-24-17)23-9-13-3-1-2-4-19-13/h1-4,7-8,15H,5,9-12H2. The lowest BCUT2D eigenvalue weighted by Gasteiger charge is -2.48. The average molecular weight is 339 g/mol. The Morgan fingerprint density at radius 2 is 2.12 bits per heavy atom. The number of anilines is 1. The molecule has 4 rings (SSSR count). The van der Waals surface area contributed by atoms with E-state index in [0.717, 1.165) is 36.6 Å². The van der Waals surface area contributed by atoms with E-state index >= 15 is 0 Å². The van der Waals surface area contributed by atoms with Crippen LogP contribution < -0.4 is 4.90 Å². The fraction of sp³-hybridized carbons (Fsp3) is 0.412. The molecule has 2 aliphatic heterocycles. The van der Waals surface area contributed by atoms with E-state index in [1.165, 1.54) is 0 Å². The molecule has 0 amide bonds. The van der Waals surface area contributed by atoms with Crippen molar-refractivity contribution in [2.75, 3.05) is 23.7 Å². The minimum Gasteiger partial charge on any atom is -0.371 e. The second kappa shape index (κ2) is 6.38. The SMILES string of the molecule is N#Cc1ncc(N2CC3(CC(OCc4ccccn4)CS3)C2)cn1. The molecule has 7 heteroatoms. The molecule has 2 aliphatic rings. The van der Waals surface area contributed by atoms with Gasteiger partial charge in [0.15, 0.2) is 0 Å². The molecule has 0 aromatic carbocycles. The minimum atomic E-state index is 0.215. The van der Waals surface area contributed by atoms with Crippen LogP contribution in [-0.2, 0) is 11.3 Å². The van der Waals surface area contributed by atoms with E-state index in [9.17, 15) is 0 Å². The van der Waals surface area contributed by atoms with Crippen molar-refractivity contribution in [1.29, 1.82) is 5.26 Å². The third-order valence-corrected chi connectivity index (χ3v) is 6.01. The number of thioether (sulfide) groups is 1. The largest absolute Gasteiger partial charge is 0.371 e. The minimum absolute atomic E-state index is 0.215. The molecule has 4 heterocycles. The first-order valence-electron chi connectivity index (χ1n) is 7.89. The summed E-state index contributed by atoms with van der Waals surface area (Å²) < 4.78 is 6.31. The van der Waals surface area contributed by atoms with Gasteiger partial charge in [0.1, 0.15) is 6.07 Å². The smallest absolute Gasteiger partial charge is 0.232 e. The van der Waals surface area contributed by atoms with Crippen LogP contribution in [-0.4, -0.2) is 44.6 Å². The van der Waals surface area contributed by atoms with Gasteiger partial charge in [-0.05, 0) is 18.6 Å². The predicted octanol–water partition coefficient (Wildman–Crippen LogP) is 2.02. The zero-order valence-corrected chi connectivity index (χ0v) is 13.9. The number of nitrogens with zero attached hydrogens (tertiary/aromatic N) is 5. The van der Waals surface area contributed by atoms with Crippen LogP contribution in [0.5, 0.6) is 0 Å². The van der Waals surface area contributed by atoms with Gasteiger partial charge in [-0.2, -0.15) is 5.26 Å². The Morgan fingerprint density at radius 3 is 2.83 bits per heavy atom. The summed E-state index contributed by atoms with van der Waals surface area (Å²) in [6.07, 6.45) is 6.61. The lowest BCUT2D eigenvalue weighted by atomic mass is 9.92. The van der Waals surface area contributed by atoms with Crippen molar-refractivity contribution in [3.05, 3.63) is 48.3 Å². The summed E-state index contributed by atoms with van der Waals surface area (Å²) >= 11 is 2.00. The summed E-state index contributed by atoms with van der Waals surface area (Å²) in [5, 5.41) is 8.76. The summed E-state index contributed by atoms with van der Waals surface area (Å²) in [5.41, 5.74) is 1.96. The predicted molar refractivity (Wildman–Crippen MR) is 91.6 cm³/mol. The number of hydrogen-bond donors (Lipinski definition) is 0. The molecule has 1 spiro atoms. The van der Waals surface area contributed by atoms with Gasteiger partial charge in [0, 0.05) is 25.0 Å². The summed E-state index contributed by atoms with van der Waals surface area (Å²) in [7, 11) is 0. The molecule has 24 heavy (non-hydrogen) atoms. The van der Waals surface area contributed by atoms with Crippen molar-refractivity contribution in [3.63, 3.8) is 0 Å². The van der Waals surface area contributed by atoms with Crippen molar-refractivity contribution >= 4 is 17.4 Å². The first kappa shape index (κ1) is 15.4. The van der Waals surface area contributed by atoms with Gasteiger partial charge in [-0.15, -0.1) is 11.8 Å². The molecule has 2 aromatic rings. The second-order valence-electron chi connectivity index (χ2n) is 6.18. The van der Waals surface area contributed by atoms with E-state index in [-0.39, 0.29) is 16.7 Å². The highest BCUT2D eigenvalue weighted by Gasteiger charge is 2.49. The highest BCUT2D eigenvalue weighted by atomic mass is 32.2. The van der Waals surface area contributed by atoms with Gasteiger partial charge in [0.25, 0.3) is 0 Å². The fourth-order valence-electron chi connectivity index (χ4n) is 3.19. The van der Waals surface area contributed by atoms with E-state index in [4.69, 9.17) is 10.00 Å². The Morgan fingerprint density at radius 1 is 1.29 bits per heavy atom. The molecule has 1 unspecified atom stereocenters. The van der Waals surface area contributed by atoms with E-state index < -0.39 is 0 Å². The summed E-state index contributed by atoms with van der Waals surface area (Å²) in [6, 6.07) is 7.84. The first-order valence-corrected chi connectivity index (χ1v) is 8.87. The van der Waals surface area contributed by atoms with E-state index in [2.05, 4.69) is 19.9 Å². The fourth-order valence-corrected chi connectivity index (χ4v) is 4.74. The van der Waals surface area contributed by atoms with Crippen LogP contribution in [0.2, 0.25) is 0 Å². The Hall–Kier alpha value is -2.17. The van der Waals surface area contributed by atoms with Gasteiger partial charge in [-0.25, -0.2) is 9.97 Å². The molecule has 6 nitrogen and oxygen atoms in total. The van der Waals surface area contributed by atoms with Gasteiger partial charge in [0.05, 0.1) is 41.2 Å². The number of nitriles is 1. The third-order valence-electron chi connectivity index (χ3n) is 4.43.